The summed E-state index contributed by atoms with van der Waals surface area (Å²) in [4.78, 5) is 16.1. The number of hydrogen-bond donors (Lipinski definition) is 0. The zero-order valence-corrected chi connectivity index (χ0v) is 12.2. The van der Waals surface area contributed by atoms with Crippen LogP contribution in [-0.4, -0.2) is 38.2 Å². The third kappa shape index (κ3) is 2.65. The van der Waals surface area contributed by atoms with Gasteiger partial charge >= 0.3 is 5.97 Å². The lowest BCUT2D eigenvalue weighted by atomic mass is 10.1. The van der Waals surface area contributed by atoms with Gasteiger partial charge < -0.3 is 9.26 Å². The van der Waals surface area contributed by atoms with Gasteiger partial charge in [0.05, 0.1) is 12.8 Å². The van der Waals surface area contributed by atoms with Crippen LogP contribution in [0.2, 0.25) is 0 Å². The molecule has 0 atom stereocenters. The van der Waals surface area contributed by atoms with E-state index in [9.17, 15) is 4.79 Å². The molecular formula is C13H17N5O3. The highest BCUT2D eigenvalue weighted by Gasteiger charge is 2.29. The molecular weight excluding hydrogens is 274 g/mol. The van der Waals surface area contributed by atoms with Crippen molar-refractivity contribution < 1.29 is 14.1 Å². The molecule has 8 nitrogen and oxygen atoms in total. The van der Waals surface area contributed by atoms with E-state index in [0.717, 1.165) is 18.7 Å². The molecule has 0 aliphatic heterocycles. The number of carbonyl (C=O) groups is 1. The molecule has 0 radical (unpaired) electrons. The highest BCUT2D eigenvalue weighted by atomic mass is 16.5. The van der Waals surface area contributed by atoms with Gasteiger partial charge in [0, 0.05) is 5.92 Å². The fraction of sp³-hybridized carbons (Fsp3) is 0.615. The average molecular weight is 291 g/mol. The quantitative estimate of drug-likeness (QED) is 0.770. The minimum atomic E-state index is -0.492. The summed E-state index contributed by atoms with van der Waals surface area (Å²) in [7, 11) is 1.32. The Morgan fingerprint density at radius 3 is 2.86 bits per heavy atom. The van der Waals surface area contributed by atoms with E-state index in [0.29, 0.717) is 24.0 Å². The van der Waals surface area contributed by atoms with Gasteiger partial charge in [-0.05, 0) is 18.8 Å². The number of aromatic nitrogens is 5. The minimum absolute atomic E-state index is 0.0694. The second kappa shape index (κ2) is 5.27. The van der Waals surface area contributed by atoms with E-state index in [2.05, 4.69) is 20.5 Å². The van der Waals surface area contributed by atoms with Gasteiger partial charge in [0.2, 0.25) is 5.89 Å². The third-order valence-corrected chi connectivity index (χ3v) is 3.41. The van der Waals surface area contributed by atoms with Gasteiger partial charge in [-0.2, -0.15) is 4.98 Å². The number of hydrogen-bond acceptors (Lipinski definition) is 7. The summed E-state index contributed by atoms with van der Waals surface area (Å²) >= 11 is 0. The van der Waals surface area contributed by atoms with Crippen molar-refractivity contribution in [1.29, 1.82) is 0 Å². The first-order valence-corrected chi connectivity index (χ1v) is 6.94. The number of esters is 1. The molecule has 0 bridgehead atoms. The van der Waals surface area contributed by atoms with Crippen molar-refractivity contribution in [1.82, 2.24) is 25.1 Å². The molecule has 2 aromatic rings. The predicted molar refractivity (Wildman–Crippen MR) is 70.8 cm³/mol. The predicted octanol–water partition coefficient (Wildman–Crippen LogP) is 1.50. The first-order chi connectivity index (χ1) is 10.1. The lowest BCUT2D eigenvalue weighted by molar-refractivity contribution is 0.0592. The Labute approximate surface area is 121 Å². The molecule has 3 rings (SSSR count). The molecule has 0 saturated heterocycles. The molecule has 0 aromatic carbocycles. The van der Waals surface area contributed by atoms with E-state index >= 15 is 0 Å². The van der Waals surface area contributed by atoms with E-state index in [-0.39, 0.29) is 11.6 Å². The Balaban J connectivity index is 1.86. The number of carbonyl (C=O) groups excluding carboxylic acids is 1. The smallest absolute Gasteiger partial charge is 0.360 e. The SMILES string of the molecule is COC(=O)c1nnn(Cc2nc(C3CC3)no2)c1C(C)C. The summed E-state index contributed by atoms with van der Waals surface area (Å²) in [5.41, 5.74) is 0.933. The minimum Gasteiger partial charge on any atom is -0.464 e. The molecule has 8 heteroatoms. The van der Waals surface area contributed by atoms with Gasteiger partial charge in [0.25, 0.3) is 0 Å². The van der Waals surface area contributed by atoms with Crippen molar-refractivity contribution in [3.05, 3.63) is 23.1 Å². The number of ether oxygens (including phenoxy) is 1. The Hall–Kier alpha value is -2.25. The Morgan fingerprint density at radius 1 is 1.48 bits per heavy atom. The van der Waals surface area contributed by atoms with Gasteiger partial charge in [-0.25, -0.2) is 9.48 Å². The van der Waals surface area contributed by atoms with E-state index in [1.807, 2.05) is 13.8 Å². The molecule has 1 aliphatic carbocycles. The van der Waals surface area contributed by atoms with Crippen LogP contribution in [0.5, 0.6) is 0 Å². The molecule has 112 valence electrons. The summed E-state index contributed by atoms with van der Waals surface area (Å²) in [5.74, 6) is 1.24. The highest BCUT2D eigenvalue weighted by Crippen LogP contribution is 2.38. The Morgan fingerprint density at radius 2 is 2.24 bits per heavy atom. The molecule has 0 unspecified atom stereocenters. The van der Waals surface area contributed by atoms with Gasteiger partial charge in [-0.1, -0.05) is 24.2 Å². The Kier molecular flexibility index (Phi) is 3.44. The maximum absolute atomic E-state index is 11.7. The van der Waals surface area contributed by atoms with Crippen molar-refractivity contribution in [2.24, 2.45) is 0 Å². The molecule has 0 amide bonds. The molecule has 21 heavy (non-hydrogen) atoms. The van der Waals surface area contributed by atoms with Gasteiger partial charge in [0.1, 0.15) is 6.54 Å². The molecule has 1 fully saturated rings. The standard InChI is InChI=1S/C13H17N5O3/c1-7(2)11-10(13(19)20-3)15-17-18(11)6-9-14-12(16-21-9)8-4-5-8/h7-8H,4-6H2,1-3H3. The summed E-state index contributed by atoms with van der Waals surface area (Å²) in [6.45, 7) is 4.23. The van der Waals surface area contributed by atoms with Crippen LogP contribution >= 0.6 is 0 Å². The van der Waals surface area contributed by atoms with E-state index in [1.165, 1.54) is 7.11 Å². The van der Waals surface area contributed by atoms with Crippen molar-refractivity contribution in [3.8, 4) is 0 Å². The zero-order valence-electron chi connectivity index (χ0n) is 12.2. The van der Waals surface area contributed by atoms with Gasteiger partial charge in [0.15, 0.2) is 11.5 Å². The lowest BCUT2D eigenvalue weighted by Crippen LogP contribution is -2.12. The number of nitrogens with zero attached hydrogens (tertiary/aromatic N) is 5. The highest BCUT2D eigenvalue weighted by molar-refractivity contribution is 5.88. The number of rotatable bonds is 5. The average Bonchev–Trinajstić information content (AvgIpc) is 3.06. The second-order valence-electron chi connectivity index (χ2n) is 5.45. The maximum Gasteiger partial charge on any atom is 0.360 e. The van der Waals surface area contributed by atoms with Crippen LogP contribution in [0, 0.1) is 0 Å². The normalized spacial score (nSPS) is 14.7. The fourth-order valence-corrected chi connectivity index (χ4v) is 2.22. The fourth-order valence-electron chi connectivity index (χ4n) is 2.22. The lowest BCUT2D eigenvalue weighted by Gasteiger charge is -2.08. The molecule has 1 saturated carbocycles. The first kappa shape index (κ1) is 13.7. The van der Waals surface area contributed by atoms with Crippen molar-refractivity contribution in [2.45, 2.75) is 45.1 Å². The topological polar surface area (TPSA) is 95.9 Å². The zero-order chi connectivity index (χ0) is 15.0. The van der Waals surface area contributed by atoms with Crippen LogP contribution in [0.3, 0.4) is 0 Å². The van der Waals surface area contributed by atoms with E-state index in [4.69, 9.17) is 9.26 Å². The van der Waals surface area contributed by atoms with Crippen LogP contribution in [-0.2, 0) is 11.3 Å². The van der Waals surface area contributed by atoms with Gasteiger partial charge in [-0.3, -0.25) is 0 Å². The summed E-state index contributed by atoms with van der Waals surface area (Å²) in [6, 6.07) is 0. The van der Waals surface area contributed by atoms with Crippen molar-refractivity contribution in [3.63, 3.8) is 0 Å². The summed E-state index contributed by atoms with van der Waals surface area (Å²) < 4.78 is 11.6. The molecule has 1 aliphatic rings. The summed E-state index contributed by atoms with van der Waals surface area (Å²) in [5, 5.41) is 11.9. The van der Waals surface area contributed by atoms with Crippen LogP contribution in [0.1, 0.15) is 66.4 Å². The molecule has 2 heterocycles. The van der Waals surface area contributed by atoms with Crippen LogP contribution < -0.4 is 0 Å². The molecule has 0 spiro atoms. The first-order valence-electron chi connectivity index (χ1n) is 6.94. The van der Waals surface area contributed by atoms with Crippen molar-refractivity contribution >= 4 is 5.97 Å². The maximum atomic E-state index is 11.7. The monoisotopic (exact) mass is 291 g/mol. The van der Waals surface area contributed by atoms with E-state index in [1.54, 1.807) is 4.68 Å². The van der Waals surface area contributed by atoms with Crippen LogP contribution in [0.4, 0.5) is 0 Å². The molecule has 2 aromatic heterocycles. The third-order valence-electron chi connectivity index (χ3n) is 3.41. The van der Waals surface area contributed by atoms with Crippen molar-refractivity contribution in [2.75, 3.05) is 7.11 Å². The van der Waals surface area contributed by atoms with Crippen LogP contribution in [0.15, 0.2) is 4.52 Å². The number of methoxy groups -OCH3 is 1. The van der Waals surface area contributed by atoms with Crippen LogP contribution in [0.25, 0.3) is 0 Å². The largest absolute Gasteiger partial charge is 0.464 e. The Bertz CT molecular complexity index is 657. The second-order valence-corrected chi connectivity index (χ2v) is 5.45. The molecule has 0 N–H and O–H groups in total. The van der Waals surface area contributed by atoms with E-state index < -0.39 is 5.97 Å². The van der Waals surface area contributed by atoms with Gasteiger partial charge in [-0.15, -0.1) is 5.10 Å². The summed E-state index contributed by atoms with van der Waals surface area (Å²) in [6.07, 6.45) is 2.23.